The molecule has 38 heavy (non-hydrogen) atoms. The fourth-order valence-electron chi connectivity index (χ4n) is 1.96. The maximum Gasteiger partial charge on any atom is 2.00 e. The molecule has 15 heteroatoms. The maximum atomic E-state index is 11.3. The Kier molecular flexibility index (Phi) is 25.1. The minimum atomic E-state index is -1.35. The van der Waals surface area contributed by atoms with Crippen LogP contribution in [0.5, 0.6) is 0 Å². The van der Waals surface area contributed by atoms with Gasteiger partial charge in [0.15, 0.2) is 0 Å². The molecule has 0 aromatic rings. The van der Waals surface area contributed by atoms with Crippen molar-refractivity contribution in [1.29, 1.82) is 0 Å². The van der Waals surface area contributed by atoms with Gasteiger partial charge in [-0.25, -0.2) is 0 Å². The summed E-state index contributed by atoms with van der Waals surface area (Å²) in [5.74, 6) is -3.39. The molecule has 0 aromatic heterocycles. The zero-order chi connectivity index (χ0) is 30.0. The Morgan fingerprint density at radius 1 is 0.711 bits per heavy atom. The number of nitrogens with one attached hydrogen (secondary N) is 2. The molecule has 0 aliphatic carbocycles. The number of aliphatic hydroxyl groups is 5. The molecule has 0 aliphatic heterocycles. The van der Waals surface area contributed by atoms with E-state index in [0.29, 0.717) is 0 Å². The van der Waals surface area contributed by atoms with Crippen LogP contribution in [0, 0.1) is 10.8 Å². The van der Waals surface area contributed by atoms with Crippen LogP contribution < -0.4 is 10.6 Å². The molecule has 14 nitrogen and oxygen atoms in total. The van der Waals surface area contributed by atoms with Gasteiger partial charge >= 0.3 is 49.7 Å². The molecule has 2 amide bonds. The SMILES string of the molecule is CC(C)(CO)[C@@H](O)C(=O)NCCC(=O)O.CC(C)(CO)[C@@H](O)C(=O)NCCC(=O)O.C[N+](C)(C)CCO.[Ca+2]. The summed E-state index contributed by atoms with van der Waals surface area (Å²) in [6.07, 6.45) is -3.09. The summed E-state index contributed by atoms with van der Waals surface area (Å²) in [4.78, 5) is 42.8. The van der Waals surface area contributed by atoms with Crippen molar-refractivity contribution in [3.8, 4) is 0 Å². The summed E-state index contributed by atoms with van der Waals surface area (Å²) in [5, 5.41) is 66.3. The Balaban J connectivity index is -0.000000240. The van der Waals surface area contributed by atoms with E-state index in [1.54, 1.807) is 0 Å². The van der Waals surface area contributed by atoms with E-state index in [1.807, 2.05) is 0 Å². The Bertz CT molecular complexity index is 649. The molecule has 0 unspecified atom stereocenters. The number of amides is 2. The Morgan fingerprint density at radius 2 is 1.00 bits per heavy atom. The fourth-order valence-corrected chi connectivity index (χ4v) is 1.96. The van der Waals surface area contributed by atoms with Crippen molar-refractivity contribution in [3.63, 3.8) is 0 Å². The second kappa shape index (κ2) is 21.7. The van der Waals surface area contributed by atoms with Crippen LogP contribution in [0.2, 0.25) is 0 Å². The minimum Gasteiger partial charge on any atom is -0.481 e. The van der Waals surface area contributed by atoms with E-state index in [-0.39, 0.29) is 83.5 Å². The number of likely N-dealkylation sites (N-methyl/N-ethyl adjacent to an activating group) is 1. The van der Waals surface area contributed by atoms with Crippen molar-refractivity contribution in [2.75, 3.05) is 60.6 Å². The summed E-state index contributed by atoms with van der Waals surface area (Å²) in [6, 6.07) is 0. The van der Waals surface area contributed by atoms with Crippen LogP contribution in [0.1, 0.15) is 40.5 Å². The van der Waals surface area contributed by atoms with Crippen molar-refractivity contribution in [1.82, 2.24) is 10.6 Å². The van der Waals surface area contributed by atoms with E-state index in [0.717, 1.165) is 11.0 Å². The summed E-state index contributed by atoms with van der Waals surface area (Å²) >= 11 is 0. The van der Waals surface area contributed by atoms with E-state index in [4.69, 9.17) is 25.5 Å². The van der Waals surface area contributed by atoms with Gasteiger partial charge in [0.2, 0.25) is 11.8 Å². The van der Waals surface area contributed by atoms with Gasteiger partial charge in [-0.15, -0.1) is 0 Å². The average molecular weight is 583 g/mol. The van der Waals surface area contributed by atoms with Crippen LogP contribution in [0.3, 0.4) is 0 Å². The summed E-state index contributed by atoms with van der Waals surface area (Å²) < 4.78 is 0.844. The third-order valence-corrected chi connectivity index (χ3v) is 4.84. The molecule has 0 bridgehead atoms. The molecule has 0 saturated carbocycles. The number of carboxylic acid groups (broad SMARTS) is 2. The van der Waals surface area contributed by atoms with Gasteiger partial charge in [-0.1, -0.05) is 27.7 Å². The number of hydrogen-bond acceptors (Lipinski definition) is 9. The van der Waals surface area contributed by atoms with Gasteiger partial charge in [-0.2, -0.15) is 0 Å². The first-order chi connectivity index (χ1) is 16.7. The molecule has 0 spiro atoms. The molecule has 2 atom stereocenters. The van der Waals surface area contributed by atoms with Crippen molar-refractivity contribution >= 4 is 61.5 Å². The van der Waals surface area contributed by atoms with E-state index in [2.05, 4.69) is 31.8 Å². The average Bonchev–Trinajstić information content (AvgIpc) is 2.77. The second-order valence-electron chi connectivity index (χ2n) is 10.7. The topological polar surface area (TPSA) is 234 Å². The van der Waals surface area contributed by atoms with Crippen molar-refractivity contribution in [2.24, 2.45) is 10.8 Å². The number of quaternary nitrogens is 1. The van der Waals surface area contributed by atoms with E-state index in [9.17, 15) is 29.4 Å². The molecule has 0 aromatic carbocycles. The standard InChI is InChI=1S/2C9H17NO5.C5H14NO.Ca/c2*1-9(2,5-11)7(14)8(15)10-4-3-6(12)13;1-6(2,3)4-5-7;/h2*7,11,14H,3-5H2,1-2H3,(H,10,15)(H,12,13);7H,4-5H2,1-3H3;/q;;+1;+2/t2*7-;;/m00../s1. The molecule has 0 heterocycles. The van der Waals surface area contributed by atoms with Gasteiger partial charge in [0.05, 0.1) is 53.8 Å². The van der Waals surface area contributed by atoms with Gasteiger partial charge in [0, 0.05) is 23.9 Å². The van der Waals surface area contributed by atoms with E-state index >= 15 is 0 Å². The van der Waals surface area contributed by atoms with E-state index < -0.39 is 46.8 Å². The first kappa shape index (κ1) is 43.9. The Hall–Kier alpha value is -1.10. The summed E-state index contributed by atoms with van der Waals surface area (Å²) in [6.45, 7) is 6.52. The van der Waals surface area contributed by atoms with Crippen LogP contribution in [0.4, 0.5) is 0 Å². The van der Waals surface area contributed by atoms with Gasteiger partial charge in [-0.05, 0) is 0 Å². The molecular formula is C23H48CaN3O11+3. The van der Waals surface area contributed by atoms with Gasteiger partial charge < -0.3 is 50.9 Å². The third-order valence-electron chi connectivity index (χ3n) is 4.84. The van der Waals surface area contributed by atoms with Crippen molar-refractivity contribution < 1.29 is 59.4 Å². The molecule has 0 radical (unpaired) electrons. The van der Waals surface area contributed by atoms with Gasteiger partial charge in [0.1, 0.15) is 18.8 Å². The van der Waals surface area contributed by atoms with Crippen LogP contribution in [-0.4, -0.2) is 175 Å². The van der Waals surface area contributed by atoms with Crippen LogP contribution in [0.15, 0.2) is 0 Å². The summed E-state index contributed by atoms with van der Waals surface area (Å²) in [7, 11) is 6.16. The Morgan fingerprint density at radius 3 is 1.16 bits per heavy atom. The number of aliphatic hydroxyl groups excluding tert-OH is 5. The summed E-state index contributed by atoms with van der Waals surface area (Å²) in [5.41, 5.74) is -1.87. The fraction of sp³-hybridized carbons (Fsp3) is 0.826. The van der Waals surface area contributed by atoms with Crippen molar-refractivity contribution in [3.05, 3.63) is 0 Å². The van der Waals surface area contributed by atoms with Crippen LogP contribution in [-0.2, 0) is 19.2 Å². The monoisotopic (exact) mass is 582 g/mol. The first-order valence-electron chi connectivity index (χ1n) is 11.7. The number of hydrogen-bond donors (Lipinski definition) is 9. The number of aliphatic carboxylic acids is 2. The second-order valence-corrected chi connectivity index (χ2v) is 10.7. The van der Waals surface area contributed by atoms with E-state index in [1.165, 1.54) is 27.7 Å². The zero-order valence-corrected chi connectivity index (χ0v) is 25.9. The normalized spacial score (nSPS) is 12.7. The largest absolute Gasteiger partial charge is 2.00 e. The quantitative estimate of drug-likeness (QED) is 0.0750. The molecule has 0 saturated heterocycles. The Labute approximate surface area is 254 Å². The molecular weight excluding hydrogens is 534 g/mol. The van der Waals surface area contributed by atoms with Gasteiger partial charge in [-0.3, -0.25) is 19.2 Å². The predicted molar refractivity (Wildman–Crippen MR) is 140 cm³/mol. The molecule has 9 N–H and O–H groups in total. The number of carboxylic acids is 2. The van der Waals surface area contributed by atoms with Crippen molar-refractivity contribution in [2.45, 2.75) is 52.7 Å². The number of carbonyl (C=O) groups is 4. The molecule has 0 aliphatic rings. The van der Waals surface area contributed by atoms with Crippen LogP contribution >= 0.6 is 0 Å². The number of carbonyl (C=O) groups excluding carboxylic acids is 2. The van der Waals surface area contributed by atoms with Gasteiger partial charge in [0.25, 0.3) is 0 Å². The third kappa shape index (κ3) is 24.0. The predicted octanol–water partition coefficient (Wildman–Crippen LogP) is -2.78. The zero-order valence-electron chi connectivity index (χ0n) is 23.7. The number of nitrogens with zero attached hydrogens (tertiary/aromatic N) is 1. The van der Waals surface area contributed by atoms with Crippen LogP contribution in [0.25, 0.3) is 0 Å². The molecule has 0 rings (SSSR count). The number of rotatable bonds is 14. The smallest absolute Gasteiger partial charge is 0.481 e. The molecule has 220 valence electrons. The first-order valence-corrected chi connectivity index (χ1v) is 11.7. The molecule has 0 fully saturated rings. The maximum absolute atomic E-state index is 11.3. The minimum absolute atomic E-state index is 0.